The van der Waals surface area contributed by atoms with Crippen molar-refractivity contribution in [3.05, 3.63) is 76.7 Å². The van der Waals surface area contributed by atoms with Crippen LogP contribution in [0.1, 0.15) is 30.7 Å². The van der Waals surface area contributed by atoms with Gasteiger partial charge in [-0.05, 0) is 54.7 Å². The van der Waals surface area contributed by atoms with Gasteiger partial charge in [0.25, 0.3) is 0 Å². The van der Waals surface area contributed by atoms with E-state index in [9.17, 15) is 13.2 Å². The lowest BCUT2D eigenvalue weighted by atomic mass is 9.89. The first kappa shape index (κ1) is 22.4. The smallest absolute Gasteiger partial charge is 0.194 e. The number of allylic oxidation sites excluding steroid dienone is 1. The summed E-state index contributed by atoms with van der Waals surface area (Å²) in [4.78, 5) is 8.62. The van der Waals surface area contributed by atoms with Gasteiger partial charge < -0.3 is 19.0 Å². The number of oxazole rings is 1. The molecule has 1 saturated heterocycles. The van der Waals surface area contributed by atoms with Crippen molar-refractivity contribution in [2.24, 2.45) is 0 Å². The van der Waals surface area contributed by atoms with Crippen LogP contribution < -0.4 is 9.64 Å². The number of anilines is 1. The molecule has 8 heteroatoms. The number of piperazine rings is 1. The molecule has 5 nitrogen and oxygen atoms in total. The lowest BCUT2D eigenvalue weighted by Gasteiger charge is -2.42. The van der Waals surface area contributed by atoms with Gasteiger partial charge in [0.05, 0.1) is 25.4 Å². The van der Waals surface area contributed by atoms with Gasteiger partial charge >= 0.3 is 0 Å². The maximum Gasteiger partial charge on any atom is 0.194 e. The number of hydrogen-bond acceptors (Lipinski definition) is 5. The van der Waals surface area contributed by atoms with Gasteiger partial charge in [0.2, 0.25) is 0 Å². The van der Waals surface area contributed by atoms with E-state index in [1.165, 1.54) is 11.3 Å². The first-order chi connectivity index (χ1) is 16.4. The molecule has 0 amide bonds. The SMILES string of the molecule is COc1cc(N2CCN(Cc3cc(F)c(F)c(F)c3)C(=C3CCC3)C2)ccc1-c1cnc(C)o1. The van der Waals surface area contributed by atoms with Crippen molar-refractivity contribution in [3.8, 4) is 17.1 Å². The zero-order valence-corrected chi connectivity index (χ0v) is 19.2. The van der Waals surface area contributed by atoms with E-state index < -0.39 is 17.5 Å². The summed E-state index contributed by atoms with van der Waals surface area (Å²) in [5.74, 6) is -1.78. The minimum Gasteiger partial charge on any atom is -0.496 e. The van der Waals surface area contributed by atoms with E-state index in [4.69, 9.17) is 9.15 Å². The molecule has 0 bridgehead atoms. The molecule has 0 spiro atoms. The summed E-state index contributed by atoms with van der Waals surface area (Å²) in [7, 11) is 1.63. The third-order valence-corrected chi connectivity index (χ3v) is 6.58. The van der Waals surface area contributed by atoms with E-state index in [0.29, 0.717) is 42.6 Å². The fourth-order valence-electron chi connectivity index (χ4n) is 4.59. The normalized spacial score (nSPS) is 16.1. The van der Waals surface area contributed by atoms with Gasteiger partial charge in [-0.25, -0.2) is 18.2 Å². The molecule has 34 heavy (non-hydrogen) atoms. The summed E-state index contributed by atoms with van der Waals surface area (Å²) in [6.07, 6.45) is 4.88. The van der Waals surface area contributed by atoms with Gasteiger partial charge in [0.1, 0.15) is 5.75 Å². The standard InChI is InChI=1S/C26H26F3N3O2/c1-16-30-13-25(34-16)20-7-6-19(12-24(20)33-2)31-8-9-32(23(15-31)18-4-3-5-18)14-17-10-21(27)26(29)22(28)11-17/h6-7,10-13H,3-5,8-9,14-15H2,1-2H3. The third-order valence-electron chi connectivity index (χ3n) is 6.58. The average molecular weight is 470 g/mol. The summed E-state index contributed by atoms with van der Waals surface area (Å²) in [5.41, 5.74) is 4.83. The van der Waals surface area contributed by atoms with Gasteiger partial charge in [0, 0.05) is 44.0 Å². The summed E-state index contributed by atoms with van der Waals surface area (Å²) in [6, 6.07) is 8.18. The van der Waals surface area contributed by atoms with E-state index in [1.54, 1.807) is 20.2 Å². The number of ether oxygens (including phenoxy) is 1. The number of methoxy groups -OCH3 is 1. The topological polar surface area (TPSA) is 41.7 Å². The van der Waals surface area contributed by atoms with Crippen molar-refractivity contribution in [2.45, 2.75) is 32.7 Å². The monoisotopic (exact) mass is 469 g/mol. The molecule has 0 unspecified atom stereocenters. The Hall–Kier alpha value is -3.42. The molecule has 2 fully saturated rings. The molecule has 1 aromatic heterocycles. The minimum absolute atomic E-state index is 0.341. The van der Waals surface area contributed by atoms with Gasteiger partial charge in [-0.3, -0.25) is 0 Å². The number of aryl methyl sites for hydroxylation is 1. The number of hydrogen-bond donors (Lipinski definition) is 0. The lowest BCUT2D eigenvalue weighted by Crippen LogP contribution is -2.45. The highest BCUT2D eigenvalue weighted by molar-refractivity contribution is 5.70. The Morgan fingerprint density at radius 2 is 1.82 bits per heavy atom. The van der Waals surface area contributed by atoms with E-state index in [-0.39, 0.29) is 0 Å². The van der Waals surface area contributed by atoms with Crippen LogP contribution in [0.2, 0.25) is 0 Å². The summed E-state index contributed by atoms with van der Waals surface area (Å²) in [6.45, 7) is 4.24. The van der Waals surface area contributed by atoms with E-state index in [0.717, 1.165) is 49.2 Å². The maximum atomic E-state index is 13.8. The second kappa shape index (κ2) is 9.08. The first-order valence-corrected chi connectivity index (χ1v) is 11.4. The number of aromatic nitrogens is 1. The molecular weight excluding hydrogens is 443 g/mol. The van der Waals surface area contributed by atoms with Crippen LogP contribution in [0, 0.1) is 24.4 Å². The third kappa shape index (κ3) is 4.24. The molecule has 1 aliphatic heterocycles. The van der Waals surface area contributed by atoms with Crippen molar-refractivity contribution < 1.29 is 22.3 Å². The Bertz CT molecular complexity index is 1220. The fraction of sp³-hybridized carbons (Fsp3) is 0.346. The van der Waals surface area contributed by atoms with Crippen molar-refractivity contribution in [1.29, 1.82) is 0 Å². The fourth-order valence-corrected chi connectivity index (χ4v) is 4.59. The van der Waals surface area contributed by atoms with Crippen LogP contribution in [0.25, 0.3) is 11.3 Å². The molecule has 2 aromatic carbocycles. The zero-order chi connectivity index (χ0) is 23.8. The highest BCUT2D eigenvalue weighted by Gasteiger charge is 2.27. The predicted molar refractivity (Wildman–Crippen MR) is 123 cm³/mol. The first-order valence-electron chi connectivity index (χ1n) is 11.4. The molecule has 0 atom stereocenters. The Morgan fingerprint density at radius 3 is 2.44 bits per heavy atom. The molecule has 0 radical (unpaired) electrons. The molecule has 5 rings (SSSR count). The second-order valence-electron chi connectivity index (χ2n) is 8.75. The van der Waals surface area contributed by atoms with Crippen LogP contribution in [0.15, 0.2) is 52.2 Å². The summed E-state index contributed by atoms with van der Waals surface area (Å²) >= 11 is 0. The van der Waals surface area contributed by atoms with Crippen molar-refractivity contribution in [1.82, 2.24) is 9.88 Å². The quantitative estimate of drug-likeness (QED) is 0.440. The molecule has 1 saturated carbocycles. The van der Waals surface area contributed by atoms with Gasteiger partial charge in [-0.1, -0.05) is 0 Å². The van der Waals surface area contributed by atoms with Crippen LogP contribution in [0.4, 0.5) is 18.9 Å². The Morgan fingerprint density at radius 1 is 1.06 bits per heavy atom. The van der Waals surface area contributed by atoms with Crippen LogP contribution in [0.5, 0.6) is 5.75 Å². The predicted octanol–water partition coefficient (Wildman–Crippen LogP) is 5.84. The van der Waals surface area contributed by atoms with E-state index in [2.05, 4.69) is 14.8 Å². The highest BCUT2D eigenvalue weighted by Crippen LogP contribution is 2.37. The molecule has 178 valence electrons. The molecule has 0 N–H and O–H groups in total. The highest BCUT2D eigenvalue weighted by atomic mass is 19.2. The van der Waals surface area contributed by atoms with Crippen molar-refractivity contribution in [2.75, 3.05) is 31.6 Å². The van der Waals surface area contributed by atoms with Gasteiger partial charge in [-0.15, -0.1) is 0 Å². The van der Waals surface area contributed by atoms with Gasteiger partial charge in [-0.2, -0.15) is 0 Å². The molecule has 2 aliphatic rings. The number of halogens is 3. The summed E-state index contributed by atoms with van der Waals surface area (Å²) in [5, 5.41) is 0. The molecule has 2 heterocycles. The van der Waals surface area contributed by atoms with Crippen molar-refractivity contribution in [3.63, 3.8) is 0 Å². The molecular formula is C26H26F3N3O2. The number of nitrogens with zero attached hydrogens (tertiary/aromatic N) is 3. The average Bonchev–Trinajstić information content (AvgIpc) is 3.23. The van der Waals surface area contributed by atoms with Crippen LogP contribution in [-0.4, -0.2) is 36.6 Å². The van der Waals surface area contributed by atoms with Crippen LogP contribution in [0.3, 0.4) is 0 Å². The van der Waals surface area contributed by atoms with E-state index >= 15 is 0 Å². The maximum absolute atomic E-state index is 13.8. The summed E-state index contributed by atoms with van der Waals surface area (Å²) < 4.78 is 52.2. The molecule has 1 aliphatic carbocycles. The van der Waals surface area contributed by atoms with E-state index in [1.807, 2.05) is 18.2 Å². The Kier molecular flexibility index (Phi) is 5.98. The molecule has 3 aromatic rings. The van der Waals surface area contributed by atoms with Crippen molar-refractivity contribution >= 4 is 5.69 Å². The van der Waals surface area contributed by atoms with Crippen LogP contribution in [-0.2, 0) is 6.54 Å². The zero-order valence-electron chi connectivity index (χ0n) is 19.2. The largest absolute Gasteiger partial charge is 0.496 e. The Balaban J connectivity index is 1.39. The number of benzene rings is 2. The Labute approximate surface area is 196 Å². The second-order valence-corrected chi connectivity index (χ2v) is 8.75. The van der Waals surface area contributed by atoms with Crippen LogP contribution >= 0.6 is 0 Å². The lowest BCUT2D eigenvalue weighted by molar-refractivity contribution is 0.298. The van der Waals surface area contributed by atoms with Gasteiger partial charge in [0.15, 0.2) is 29.1 Å². The minimum atomic E-state index is -1.43. The number of rotatable bonds is 5.